The average molecular weight is 479 g/mol. The van der Waals surface area contributed by atoms with Gasteiger partial charge in [-0.05, 0) is 0 Å². The first kappa shape index (κ1) is 30.1. The standard InChI is InChI=1S/2C5H2F6O2.Co/c2*6-4(7,8)2(12)1-3(13)5(9,10)11;/h2*1H2;/p+4. The Labute approximate surface area is 150 Å². The Morgan fingerprint density at radius 1 is 0.407 bits per heavy atom. The van der Waals surface area contributed by atoms with Crippen molar-refractivity contribution in [3.8, 4) is 0 Å². The molecule has 4 nitrogen and oxygen atoms in total. The van der Waals surface area contributed by atoms with E-state index >= 15 is 0 Å². The fourth-order valence-corrected chi connectivity index (χ4v) is 0.718. The van der Waals surface area contributed by atoms with E-state index in [9.17, 15) is 52.7 Å². The van der Waals surface area contributed by atoms with Gasteiger partial charge in [0.15, 0.2) is 12.8 Å². The minimum atomic E-state index is -5.25. The minimum Gasteiger partial charge on any atom is -0.273 e. The van der Waals surface area contributed by atoms with Crippen molar-refractivity contribution in [3.05, 3.63) is 0 Å². The minimum absolute atomic E-state index is 0. The zero-order valence-electron chi connectivity index (χ0n) is 12.1. The van der Waals surface area contributed by atoms with Crippen LogP contribution >= 0.6 is 0 Å². The molecular weight excluding hydrogens is 471 g/mol. The first-order chi connectivity index (χ1) is 11.1. The zero-order chi connectivity index (χ0) is 21.7. The van der Waals surface area contributed by atoms with Crippen molar-refractivity contribution in [2.75, 3.05) is 0 Å². The summed E-state index contributed by atoms with van der Waals surface area (Å²) in [5, 5.41) is 0. The van der Waals surface area contributed by atoms with E-state index in [1.54, 1.807) is 0 Å². The van der Waals surface area contributed by atoms with E-state index in [1.165, 1.54) is 0 Å². The van der Waals surface area contributed by atoms with E-state index in [4.69, 9.17) is 19.2 Å². The molecule has 0 aromatic rings. The van der Waals surface area contributed by atoms with Crippen LogP contribution in [0.15, 0.2) is 0 Å². The molecule has 0 aliphatic heterocycles. The molecule has 0 atom stereocenters. The predicted molar refractivity (Wildman–Crippen MR) is 61.2 cm³/mol. The van der Waals surface area contributed by atoms with Gasteiger partial charge in [0.2, 0.25) is 0 Å². The first-order valence-corrected chi connectivity index (χ1v) is 5.58. The van der Waals surface area contributed by atoms with E-state index in [1.807, 2.05) is 0 Å². The maximum atomic E-state index is 11.4. The second kappa shape index (κ2) is 10.0. The molecule has 0 rings (SSSR count). The molecule has 0 aromatic carbocycles. The number of rotatable bonds is 4. The van der Waals surface area contributed by atoms with Crippen molar-refractivity contribution in [2.45, 2.75) is 37.5 Å². The van der Waals surface area contributed by atoms with Gasteiger partial charge >= 0.3 is 47.8 Å². The van der Waals surface area contributed by atoms with Gasteiger partial charge in [0.1, 0.15) is 0 Å². The van der Waals surface area contributed by atoms with Crippen LogP contribution < -0.4 is 0 Å². The number of halogens is 12. The van der Waals surface area contributed by atoms with Crippen LogP contribution in [-0.2, 0) is 16.8 Å². The van der Waals surface area contributed by atoms with Gasteiger partial charge in [-0.3, -0.25) is 19.2 Å². The smallest absolute Gasteiger partial charge is 0.273 e. The third kappa shape index (κ3) is 13.2. The molecule has 0 saturated heterocycles. The Morgan fingerprint density at radius 3 is 0.593 bits per heavy atom. The fourth-order valence-electron chi connectivity index (χ4n) is 0.718. The summed E-state index contributed by atoms with van der Waals surface area (Å²) in [6.45, 7) is 0. The van der Waals surface area contributed by atoms with Crippen molar-refractivity contribution < 1.29 is 88.6 Å². The normalized spacial score (nSPS) is 12.3. The molecule has 0 aliphatic carbocycles. The molecule has 0 aliphatic rings. The van der Waals surface area contributed by atoms with Crippen molar-refractivity contribution in [2.24, 2.45) is 0 Å². The van der Waals surface area contributed by atoms with E-state index in [0.29, 0.717) is 0 Å². The van der Waals surface area contributed by atoms with Crippen LogP contribution in [0, 0.1) is 0 Å². The van der Waals surface area contributed by atoms with Gasteiger partial charge in [0, 0.05) is 16.8 Å². The molecule has 0 bridgehead atoms. The Morgan fingerprint density at radius 2 is 0.519 bits per heavy atom. The summed E-state index contributed by atoms with van der Waals surface area (Å²) in [4.78, 5) is 32.1. The Hall–Kier alpha value is -1.65. The summed E-state index contributed by atoms with van der Waals surface area (Å²) in [6.07, 6.45) is -24.9. The third-order valence-electron chi connectivity index (χ3n) is 1.98. The van der Waals surface area contributed by atoms with E-state index < -0.39 is 60.7 Å². The van der Waals surface area contributed by atoms with Crippen LogP contribution in [0.3, 0.4) is 0 Å². The quantitative estimate of drug-likeness (QED) is 0.337. The number of ketones is 4. The number of carbonyl (C=O) groups excluding carboxylic acids is 4. The van der Waals surface area contributed by atoms with Gasteiger partial charge < -0.3 is 0 Å². The van der Waals surface area contributed by atoms with Crippen molar-refractivity contribution >= 4 is 23.1 Å². The number of alkyl halides is 12. The van der Waals surface area contributed by atoms with Crippen molar-refractivity contribution in [3.63, 3.8) is 0 Å². The largest absolute Gasteiger partial charge is 0.505 e. The van der Waals surface area contributed by atoms with Crippen LogP contribution in [0.2, 0.25) is 0 Å². The van der Waals surface area contributed by atoms with Crippen LogP contribution in [0.5, 0.6) is 0 Å². The molecule has 0 unspecified atom stereocenters. The van der Waals surface area contributed by atoms with Crippen LogP contribution in [-0.4, -0.2) is 67.0 Å². The van der Waals surface area contributed by atoms with Gasteiger partial charge in [-0.15, -0.1) is 0 Å². The average Bonchev–Trinajstić information content (AvgIpc) is 2.34. The summed E-state index contributed by atoms with van der Waals surface area (Å²) in [7, 11) is 0. The summed E-state index contributed by atoms with van der Waals surface area (Å²) >= 11 is 0. The van der Waals surface area contributed by atoms with Gasteiger partial charge in [0.25, 0.3) is 0 Å². The number of hydrogen-bond donors (Lipinski definition) is 0. The molecule has 0 heterocycles. The Bertz CT molecular complexity index is 456. The second-order valence-corrected chi connectivity index (χ2v) is 4.13. The Balaban J connectivity index is -0.000000411. The molecular formula is C10H8CoF12O4+4. The van der Waals surface area contributed by atoms with E-state index in [0.717, 1.165) is 0 Å². The third-order valence-corrected chi connectivity index (χ3v) is 1.98. The monoisotopic (exact) mass is 479 g/mol. The molecule has 0 saturated carbocycles. The summed E-state index contributed by atoms with van der Waals surface area (Å²) in [6, 6.07) is 0. The second-order valence-electron chi connectivity index (χ2n) is 4.13. The summed E-state index contributed by atoms with van der Waals surface area (Å²) < 4.78 is 137. The van der Waals surface area contributed by atoms with Crippen molar-refractivity contribution in [1.29, 1.82) is 0 Å². The van der Waals surface area contributed by atoms with Gasteiger partial charge in [-0.25, -0.2) is 0 Å². The maximum absolute atomic E-state index is 11.4. The molecule has 0 amide bonds. The SMILES string of the molecule is [Co].[OH+]=C(CC(=[OH+])C(F)(F)F)C(F)(F)F.[OH+]=C(CC(=[OH+])C(F)(F)F)C(F)(F)F. The molecule has 4 N–H and O–H groups in total. The van der Waals surface area contributed by atoms with Gasteiger partial charge in [-0.1, -0.05) is 0 Å². The topological polar surface area (TPSA) is 85.6 Å². The molecule has 161 valence electrons. The summed E-state index contributed by atoms with van der Waals surface area (Å²) in [5.74, 6) is -9.55. The van der Waals surface area contributed by atoms with Crippen LogP contribution in [0.1, 0.15) is 12.8 Å². The molecule has 1 radical (unpaired) electrons. The molecule has 17 heteroatoms. The zero-order valence-corrected chi connectivity index (χ0v) is 13.1. The van der Waals surface area contributed by atoms with Crippen molar-refractivity contribution in [1.82, 2.24) is 0 Å². The molecule has 0 spiro atoms. The number of hydrogen-bond acceptors (Lipinski definition) is 0. The molecule has 0 aromatic heterocycles. The first-order valence-electron chi connectivity index (χ1n) is 5.58. The molecule has 27 heavy (non-hydrogen) atoms. The van der Waals surface area contributed by atoms with E-state index in [-0.39, 0.29) is 16.8 Å². The Kier molecular flexibility index (Phi) is 11.2. The van der Waals surface area contributed by atoms with Crippen LogP contribution in [0.4, 0.5) is 52.7 Å². The van der Waals surface area contributed by atoms with Gasteiger partial charge in [0.05, 0.1) is 0 Å². The van der Waals surface area contributed by atoms with Gasteiger partial charge in [-0.2, -0.15) is 52.7 Å². The predicted octanol–water partition coefficient (Wildman–Crippen LogP) is 3.18. The van der Waals surface area contributed by atoms with Crippen LogP contribution in [0.25, 0.3) is 0 Å². The summed E-state index contributed by atoms with van der Waals surface area (Å²) in [5.41, 5.74) is 0. The fraction of sp³-hybridized carbons (Fsp3) is 0.600. The maximum Gasteiger partial charge on any atom is 0.505 e. The molecule has 0 fully saturated rings. The van der Waals surface area contributed by atoms with E-state index in [2.05, 4.69) is 0 Å².